The van der Waals surface area contributed by atoms with Crippen LogP contribution in [0.25, 0.3) is 11.1 Å². The normalized spacial score (nSPS) is 9.95. The quantitative estimate of drug-likeness (QED) is 0.848. The molecule has 0 aliphatic carbocycles. The fourth-order valence-corrected chi connectivity index (χ4v) is 2.47. The van der Waals surface area contributed by atoms with Crippen LogP contribution in [0.3, 0.4) is 0 Å². The fourth-order valence-electron chi connectivity index (χ4n) is 1.64. The van der Waals surface area contributed by atoms with Gasteiger partial charge in [-0.3, -0.25) is 4.79 Å². The molecule has 1 heterocycles. The average molecular weight is 273 g/mol. The van der Waals surface area contributed by atoms with Gasteiger partial charge in [-0.1, -0.05) is 18.2 Å². The van der Waals surface area contributed by atoms with E-state index < -0.39 is 0 Å². The van der Waals surface area contributed by atoms with E-state index in [0.717, 1.165) is 16.9 Å². The van der Waals surface area contributed by atoms with E-state index in [9.17, 15) is 4.79 Å². The molecule has 0 atom stereocenters. The molecule has 98 valence electrons. The first kappa shape index (κ1) is 13.4. The molecule has 0 aliphatic rings. The van der Waals surface area contributed by atoms with Gasteiger partial charge in [0.1, 0.15) is 5.75 Å². The van der Waals surface area contributed by atoms with Gasteiger partial charge in [-0.2, -0.15) is 0 Å². The number of carbonyl (C=O) groups is 1. The van der Waals surface area contributed by atoms with Crippen molar-refractivity contribution in [2.45, 2.75) is 0 Å². The Morgan fingerprint density at radius 1 is 1.37 bits per heavy atom. The Hall–Kier alpha value is -2.07. The molecule has 0 aliphatic heterocycles. The summed E-state index contributed by atoms with van der Waals surface area (Å²) in [6, 6.07) is 9.67. The number of hydrogen-bond acceptors (Lipinski definition) is 3. The Labute approximate surface area is 116 Å². The SMILES string of the molecule is C=CCNC(=O)c1cc(-c2ccc(OC)cc2)cs1. The lowest BCUT2D eigenvalue weighted by molar-refractivity contribution is 0.0962. The van der Waals surface area contributed by atoms with E-state index in [-0.39, 0.29) is 5.91 Å². The number of benzene rings is 1. The van der Waals surface area contributed by atoms with Gasteiger partial charge >= 0.3 is 0 Å². The van der Waals surface area contributed by atoms with Crippen molar-refractivity contribution in [3.05, 3.63) is 53.2 Å². The molecule has 1 N–H and O–H groups in total. The zero-order valence-corrected chi connectivity index (χ0v) is 11.5. The van der Waals surface area contributed by atoms with Gasteiger partial charge < -0.3 is 10.1 Å². The van der Waals surface area contributed by atoms with Gasteiger partial charge in [0.25, 0.3) is 5.91 Å². The molecule has 19 heavy (non-hydrogen) atoms. The maximum Gasteiger partial charge on any atom is 0.261 e. The summed E-state index contributed by atoms with van der Waals surface area (Å²) < 4.78 is 5.12. The third-order valence-electron chi connectivity index (χ3n) is 2.65. The number of hydrogen-bond donors (Lipinski definition) is 1. The van der Waals surface area contributed by atoms with Gasteiger partial charge in [0.05, 0.1) is 12.0 Å². The first-order valence-corrected chi connectivity index (χ1v) is 6.74. The first-order valence-electron chi connectivity index (χ1n) is 5.86. The van der Waals surface area contributed by atoms with E-state index in [1.165, 1.54) is 11.3 Å². The lowest BCUT2D eigenvalue weighted by atomic mass is 10.1. The summed E-state index contributed by atoms with van der Waals surface area (Å²) in [7, 11) is 1.64. The number of thiophene rings is 1. The van der Waals surface area contributed by atoms with Gasteiger partial charge in [0, 0.05) is 6.54 Å². The van der Waals surface area contributed by atoms with Gasteiger partial charge in [0.2, 0.25) is 0 Å². The summed E-state index contributed by atoms with van der Waals surface area (Å²) in [6.07, 6.45) is 1.66. The van der Waals surface area contributed by atoms with Gasteiger partial charge in [-0.25, -0.2) is 0 Å². The van der Waals surface area contributed by atoms with Crippen LogP contribution >= 0.6 is 11.3 Å². The Morgan fingerprint density at radius 2 is 2.11 bits per heavy atom. The topological polar surface area (TPSA) is 38.3 Å². The molecule has 0 spiro atoms. The molecule has 1 aromatic heterocycles. The number of carbonyl (C=O) groups excluding carboxylic acids is 1. The highest BCUT2D eigenvalue weighted by Gasteiger charge is 2.09. The summed E-state index contributed by atoms with van der Waals surface area (Å²) in [5, 5.41) is 4.74. The largest absolute Gasteiger partial charge is 0.497 e. The summed E-state index contributed by atoms with van der Waals surface area (Å²) in [5.74, 6) is 0.757. The fraction of sp³-hybridized carbons (Fsp3) is 0.133. The molecule has 2 aromatic rings. The number of ether oxygens (including phenoxy) is 1. The third-order valence-corrected chi connectivity index (χ3v) is 3.58. The molecule has 0 bridgehead atoms. The zero-order valence-electron chi connectivity index (χ0n) is 10.7. The third kappa shape index (κ3) is 3.23. The Kier molecular flexibility index (Phi) is 4.36. The lowest BCUT2D eigenvalue weighted by Crippen LogP contribution is -2.21. The van der Waals surface area contributed by atoms with Crippen LogP contribution in [-0.4, -0.2) is 19.6 Å². The van der Waals surface area contributed by atoms with Crippen molar-refractivity contribution in [3.8, 4) is 16.9 Å². The van der Waals surface area contributed by atoms with E-state index >= 15 is 0 Å². The number of amides is 1. The highest BCUT2D eigenvalue weighted by Crippen LogP contribution is 2.27. The van der Waals surface area contributed by atoms with Crippen LogP contribution in [0.1, 0.15) is 9.67 Å². The van der Waals surface area contributed by atoms with Crippen molar-refractivity contribution in [2.24, 2.45) is 0 Å². The Morgan fingerprint density at radius 3 is 2.74 bits per heavy atom. The standard InChI is InChI=1S/C15H15NO2S/c1-3-8-16-15(17)14-9-12(10-19-14)11-4-6-13(18-2)7-5-11/h3-7,9-10H,1,8H2,2H3,(H,16,17). The number of methoxy groups -OCH3 is 1. The molecule has 0 fully saturated rings. The average Bonchev–Trinajstić information content (AvgIpc) is 2.94. The predicted octanol–water partition coefficient (Wildman–Crippen LogP) is 3.34. The molecule has 0 saturated carbocycles. The van der Waals surface area contributed by atoms with Crippen molar-refractivity contribution in [3.63, 3.8) is 0 Å². The van der Waals surface area contributed by atoms with Gasteiger partial charge in [0.15, 0.2) is 0 Å². The van der Waals surface area contributed by atoms with Crippen molar-refractivity contribution < 1.29 is 9.53 Å². The highest BCUT2D eigenvalue weighted by molar-refractivity contribution is 7.12. The Bertz CT molecular complexity index is 572. The van der Waals surface area contributed by atoms with E-state index in [0.29, 0.717) is 11.4 Å². The maximum atomic E-state index is 11.8. The maximum absolute atomic E-state index is 11.8. The molecule has 0 saturated heterocycles. The van der Waals surface area contributed by atoms with Crippen LogP contribution in [0.4, 0.5) is 0 Å². The van der Waals surface area contributed by atoms with Crippen LogP contribution in [0.5, 0.6) is 5.75 Å². The van der Waals surface area contributed by atoms with E-state index in [1.54, 1.807) is 13.2 Å². The number of rotatable bonds is 5. The van der Waals surface area contributed by atoms with Crippen LogP contribution < -0.4 is 10.1 Å². The van der Waals surface area contributed by atoms with Crippen LogP contribution in [0.15, 0.2) is 48.4 Å². The summed E-state index contributed by atoms with van der Waals surface area (Å²) >= 11 is 1.44. The summed E-state index contributed by atoms with van der Waals surface area (Å²) in [4.78, 5) is 12.5. The monoisotopic (exact) mass is 273 g/mol. The second-order valence-electron chi connectivity index (χ2n) is 3.93. The van der Waals surface area contributed by atoms with Crippen LogP contribution in [0.2, 0.25) is 0 Å². The lowest BCUT2D eigenvalue weighted by Gasteiger charge is -2.01. The second kappa shape index (κ2) is 6.20. The Balaban J connectivity index is 2.15. The molecule has 0 unspecified atom stereocenters. The molecule has 3 nitrogen and oxygen atoms in total. The van der Waals surface area contributed by atoms with Crippen molar-refractivity contribution in [2.75, 3.05) is 13.7 Å². The van der Waals surface area contributed by atoms with Crippen LogP contribution in [-0.2, 0) is 0 Å². The second-order valence-corrected chi connectivity index (χ2v) is 4.84. The molecule has 0 radical (unpaired) electrons. The van der Waals surface area contributed by atoms with Crippen molar-refractivity contribution in [1.82, 2.24) is 5.32 Å². The highest BCUT2D eigenvalue weighted by atomic mass is 32.1. The molecule has 1 aromatic carbocycles. The summed E-state index contributed by atoms with van der Waals surface area (Å²) in [6.45, 7) is 4.05. The minimum atomic E-state index is -0.0651. The van der Waals surface area contributed by atoms with E-state index in [4.69, 9.17) is 4.74 Å². The zero-order chi connectivity index (χ0) is 13.7. The smallest absolute Gasteiger partial charge is 0.261 e. The molecule has 1 amide bonds. The minimum absolute atomic E-state index is 0.0651. The first-order chi connectivity index (χ1) is 9.24. The molecular weight excluding hydrogens is 258 g/mol. The van der Waals surface area contributed by atoms with Crippen molar-refractivity contribution in [1.29, 1.82) is 0 Å². The molecule has 2 rings (SSSR count). The van der Waals surface area contributed by atoms with Crippen LogP contribution in [0, 0.1) is 0 Å². The summed E-state index contributed by atoms with van der Waals surface area (Å²) in [5.41, 5.74) is 2.11. The van der Waals surface area contributed by atoms with Crippen molar-refractivity contribution >= 4 is 17.2 Å². The number of nitrogens with one attached hydrogen (secondary N) is 1. The van der Waals surface area contributed by atoms with E-state index in [1.807, 2.05) is 35.7 Å². The predicted molar refractivity (Wildman–Crippen MR) is 78.8 cm³/mol. The molecular formula is C15H15NO2S. The van der Waals surface area contributed by atoms with Gasteiger partial charge in [-0.05, 0) is 34.7 Å². The van der Waals surface area contributed by atoms with E-state index in [2.05, 4.69) is 11.9 Å². The molecule has 4 heteroatoms. The minimum Gasteiger partial charge on any atom is -0.497 e. The van der Waals surface area contributed by atoms with Gasteiger partial charge in [-0.15, -0.1) is 17.9 Å².